The number of hydrogen-bond donors (Lipinski definition) is 3. The predicted molar refractivity (Wildman–Crippen MR) is 57.7 cm³/mol. The third-order valence-corrected chi connectivity index (χ3v) is 1.65. The second-order valence-electron chi connectivity index (χ2n) is 2.71. The van der Waals surface area contributed by atoms with Crippen LogP contribution in [-0.4, -0.2) is 12.6 Å². The van der Waals surface area contributed by atoms with Crippen LogP contribution in [0.25, 0.3) is 6.08 Å². The van der Waals surface area contributed by atoms with Gasteiger partial charge in [0.25, 0.3) is 0 Å². The predicted octanol–water partition coefficient (Wildman–Crippen LogP) is 1.15. The molecule has 0 atom stereocenters. The molecule has 2 amide bonds. The van der Waals surface area contributed by atoms with E-state index in [2.05, 4.69) is 5.32 Å². The molecule has 0 saturated carbocycles. The van der Waals surface area contributed by atoms with Crippen LogP contribution in [0.5, 0.6) is 0 Å². The van der Waals surface area contributed by atoms with Crippen LogP contribution in [0.3, 0.4) is 0 Å². The van der Waals surface area contributed by atoms with Gasteiger partial charge in [0, 0.05) is 12.2 Å². The van der Waals surface area contributed by atoms with Gasteiger partial charge in [-0.3, -0.25) is 0 Å². The van der Waals surface area contributed by atoms with Crippen molar-refractivity contribution in [2.45, 2.75) is 0 Å². The van der Waals surface area contributed by atoms with Crippen molar-refractivity contribution in [2.75, 3.05) is 11.9 Å². The fraction of sp³-hybridized carbons (Fsp3) is 0.100. The first-order valence-electron chi connectivity index (χ1n) is 4.26. The number of rotatable bonds is 3. The molecule has 1 aromatic rings. The molecule has 0 aliphatic rings. The van der Waals surface area contributed by atoms with E-state index in [1.165, 1.54) is 0 Å². The molecule has 0 unspecified atom stereocenters. The molecule has 0 aromatic heterocycles. The number of primary amides is 1. The molecular weight excluding hydrogens is 178 g/mol. The lowest BCUT2D eigenvalue weighted by molar-refractivity contribution is 0.259. The summed E-state index contributed by atoms with van der Waals surface area (Å²) in [6, 6.07) is 6.78. The van der Waals surface area contributed by atoms with Gasteiger partial charge in [-0.1, -0.05) is 30.4 Å². The van der Waals surface area contributed by atoms with Gasteiger partial charge in [-0.15, -0.1) is 0 Å². The third-order valence-electron chi connectivity index (χ3n) is 1.65. The first-order chi connectivity index (χ1) is 6.74. The summed E-state index contributed by atoms with van der Waals surface area (Å²) in [7, 11) is 0. The maximum Gasteiger partial charge on any atom is 0.316 e. The lowest BCUT2D eigenvalue weighted by Crippen LogP contribution is -2.19. The van der Waals surface area contributed by atoms with Crippen LogP contribution in [0, 0.1) is 0 Å². The summed E-state index contributed by atoms with van der Waals surface area (Å²) in [6.45, 7) is 0.463. The first kappa shape index (κ1) is 10.3. The van der Waals surface area contributed by atoms with Crippen molar-refractivity contribution < 1.29 is 4.79 Å². The number of benzene rings is 1. The van der Waals surface area contributed by atoms with Gasteiger partial charge in [-0.2, -0.15) is 0 Å². The van der Waals surface area contributed by atoms with E-state index in [1.807, 2.05) is 30.4 Å². The van der Waals surface area contributed by atoms with E-state index in [-0.39, 0.29) is 0 Å². The number of para-hydroxylation sites is 1. The van der Waals surface area contributed by atoms with Crippen molar-refractivity contribution in [3.8, 4) is 0 Å². The van der Waals surface area contributed by atoms with Gasteiger partial charge in [0.1, 0.15) is 0 Å². The Labute approximate surface area is 82.6 Å². The number of nitrogens with two attached hydrogens (primary N) is 2. The molecule has 74 valence electrons. The Kier molecular flexibility index (Phi) is 3.69. The number of urea groups is 1. The van der Waals surface area contributed by atoms with Crippen molar-refractivity contribution in [1.29, 1.82) is 0 Å². The zero-order valence-electron chi connectivity index (χ0n) is 7.73. The molecule has 0 bridgehead atoms. The van der Waals surface area contributed by atoms with Gasteiger partial charge in [-0.25, -0.2) is 4.79 Å². The fourth-order valence-electron chi connectivity index (χ4n) is 1.08. The molecule has 0 heterocycles. The van der Waals surface area contributed by atoms with E-state index < -0.39 is 6.03 Å². The van der Waals surface area contributed by atoms with Gasteiger partial charge in [0.15, 0.2) is 0 Å². The van der Waals surface area contributed by atoms with Crippen LogP contribution in [0.15, 0.2) is 30.3 Å². The summed E-state index contributed by atoms with van der Waals surface area (Å²) in [5, 5.41) is 2.53. The Hall–Kier alpha value is -1.81. The fourth-order valence-corrected chi connectivity index (χ4v) is 1.08. The van der Waals surface area contributed by atoms with Crippen LogP contribution in [0.2, 0.25) is 0 Å². The lowest BCUT2D eigenvalue weighted by atomic mass is 10.1. The minimum absolute atomic E-state index is 0.463. The quantitative estimate of drug-likeness (QED) is 0.669. The Morgan fingerprint density at radius 3 is 2.79 bits per heavy atom. The highest BCUT2D eigenvalue weighted by Gasteiger charge is 1.99. The molecule has 0 aliphatic heterocycles. The molecule has 0 radical (unpaired) electrons. The summed E-state index contributed by atoms with van der Waals surface area (Å²) in [4.78, 5) is 10.7. The van der Waals surface area contributed by atoms with Crippen LogP contribution in [0.4, 0.5) is 10.5 Å². The minimum atomic E-state index is -0.571. The lowest BCUT2D eigenvalue weighted by Gasteiger charge is -2.05. The average Bonchev–Trinajstić information content (AvgIpc) is 2.16. The average molecular weight is 191 g/mol. The number of nitrogens with one attached hydrogen (secondary N) is 1. The summed E-state index contributed by atoms with van der Waals surface area (Å²) < 4.78 is 0. The van der Waals surface area contributed by atoms with E-state index in [1.54, 1.807) is 6.07 Å². The minimum Gasteiger partial charge on any atom is -0.351 e. The molecule has 14 heavy (non-hydrogen) atoms. The normalized spacial score (nSPS) is 10.4. The van der Waals surface area contributed by atoms with Gasteiger partial charge in [-0.05, 0) is 11.6 Å². The van der Waals surface area contributed by atoms with E-state index in [9.17, 15) is 4.79 Å². The largest absolute Gasteiger partial charge is 0.351 e. The Morgan fingerprint density at radius 2 is 2.14 bits per heavy atom. The molecular formula is C10H13N3O. The summed E-state index contributed by atoms with van der Waals surface area (Å²) in [5.41, 5.74) is 11.9. The van der Waals surface area contributed by atoms with Crippen molar-refractivity contribution >= 4 is 17.8 Å². The summed E-state index contributed by atoms with van der Waals surface area (Å²) in [6.07, 6.45) is 3.65. The highest BCUT2D eigenvalue weighted by Crippen LogP contribution is 2.15. The summed E-state index contributed by atoms with van der Waals surface area (Å²) in [5.74, 6) is 0. The second-order valence-corrected chi connectivity index (χ2v) is 2.71. The smallest absolute Gasteiger partial charge is 0.316 e. The van der Waals surface area contributed by atoms with Gasteiger partial charge >= 0.3 is 6.03 Å². The van der Waals surface area contributed by atoms with Crippen LogP contribution >= 0.6 is 0 Å². The van der Waals surface area contributed by atoms with Crippen LogP contribution in [-0.2, 0) is 0 Å². The number of carbonyl (C=O) groups is 1. The molecule has 0 fully saturated rings. The summed E-state index contributed by atoms with van der Waals surface area (Å²) >= 11 is 0. The van der Waals surface area contributed by atoms with Gasteiger partial charge in [0.05, 0.1) is 0 Å². The van der Waals surface area contributed by atoms with E-state index in [4.69, 9.17) is 11.5 Å². The van der Waals surface area contributed by atoms with E-state index in [0.29, 0.717) is 12.2 Å². The van der Waals surface area contributed by atoms with Crippen LogP contribution in [0.1, 0.15) is 5.56 Å². The monoisotopic (exact) mass is 191 g/mol. The van der Waals surface area contributed by atoms with Crippen LogP contribution < -0.4 is 16.8 Å². The maximum absolute atomic E-state index is 10.7. The third kappa shape index (κ3) is 2.91. The standard InChI is InChI=1S/C10H13N3O/c11-7-3-5-8-4-1-2-6-9(8)13-10(12)14/h1-6H,7,11H2,(H3,12,13,14)/b5-3+. The van der Waals surface area contributed by atoms with Crippen molar-refractivity contribution in [1.82, 2.24) is 0 Å². The topological polar surface area (TPSA) is 81.1 Å². The van der Waals surface area contributed by atoms with Gasteiger partial charge in [0.2, 0.25) is 0 Å². The maximum atomic E-state index is 10.7. The number of anilines is 1. The Balaban J connectivity index is 2.90. The highest BCUT2D eigenvalue weighted by molar-refractivity contribution is 5.90. The molecule has 0 aliphatic carbocycles. The SMILES string of the molecule is NC/C=C/c1ccccc1NC(N)=O. The Bertz CT molecular complexity index is 347. The molecule has 0 spiro atoms. The Morgan fingerprint density at radius 1 is 1.43 bits per heavy atom. The van der Waals surface area contributed by atoms with Crippen molar-refractivity contribution in [3.63, 3.8) is 0 Å². The van der Waals surface area contributed by atoms with Crippen molar-refractivity contribution in [2.24, 2.45) is 11.5 Å². The molecule has 0 saturated heterocycles. The molecule has 4 nitrogen and oxygen atoms in total. The van der Waals surface area contributed by atoms with E-state index in [0.717, 1.165) is 5.56 Å². The number of amides is 2. The zero-order valence-corrected chi connectivity index (χ0v) is 7.73. The second kappa shape index (κ2) is 5.04. The zero-order chi connectivity index (χ0) is 10.4. The number of carbonyl (C=O) groups excluding carboxylic acids is 1. The molecule has 5 N–H and O–H groups in total. The van der Waals surface area contributed by atoms with E-state index >= 15 is 0 Å². The molecule has 1 aromatic carbocycles. The highest BCUT2D eigenvalue weighted by atomic mass is 16.2. The number of hydrogen-bond acceptors (Lipinski definition) is 2. The molecule has 1 rings (SSSR count). The first-order valence-corrected chi connectivity index (χ1v) is 4.26. The molecule has 4 heteroatoms. The van der Waals surface area contributed by atoms with Crippen molar-refractivity contribution in [3.05, 3.63) is 35.9 Å². The van der Waals surface area contributed by atoms with Gasteiger partial charge < -0.3 is 16.8 Å².